The fourth-order valence-corrected chi connectivity index (χ4v) is 2.84. The van der Waals surface area contributed by atoms with Gasteiger partial charge in [0.1, 0.15) is 0 Å². The predicted octanol–water partition coefficient (Wildman–Crippen LogP) is 0.788. The van der Waals surface area contributed by atoms with Gasteiger partial charge in [-0.3, -0.25) is 0 Å². The van der Waals surface area contributed by atoms with E-state index in [2.05, 4.69) is 9.71 Å². The molecule has 3 N–H and O–H groups in total. The lowest BCUT2D eigenvalue weighted by Gasteiger charge is -2.12. The fourth-order valence-electron chi connectivity index (χ4n) is 1.82. The van der Waals surface area contributed by atoms with Gasteiger partial charge in [0, 0.05) is 25.8 Å². The van der Waals surface area contributed by atoms with Crippen LogP contribution in [0.4, 0.5) is 0 Å². The minimum atomic E-state index is -3.55. The van der Waals surface area contributed by atoms with Gasteiger partial charge < -0.3 is 10.3 Å². The fraction of sp³-hybridized carbons (Fsp3) is 0.308. The van der Waals surface area contributed by atoms with E-state index in [1.54, 1.807) is 11.6 Å². The third kappa shape index (κ3) is 3.66. The molecule has 0 radical (unpaired) electrons. The van der Waals surface area contributed by atoms with E-state index in [-0.39, 0.29) is 17.6 Å². The lowest BCUT2D eigenvalue weighted by molar-refractivity contribution is 0.566. The number of rotatable bonds is 6. The van der Waals surface area contributed by atoms with Gasteiger partial charge in [-0.05, 0) is 12.0 Å². The summed E-state index contributed by atoms with van der Waals surface area (Å²) in [6, 6.07) is 9.40. The van der Waals surface area contributed by atoms with E-state index in [9.17, 15) is 8.42 Å². The number of nitrogens with two attached hydrogens (primary N) is 1. The maximum atomic E-state index is 11.9. The molecule has 20 heavy (non-hydrogen) atoms. The number of benzene rings is 1. The lowest BCUT2D eigenvalue weighted by atomic mass is 10.1. The Bertz CT molecular complexity index is 652. The Hall–Kier alpha value is -1.70. The molecule has 2 aromatic rings. The molecular weight excluding hydrogens is 276 g/mol. The van der Waals surface area contributed by atoms with Crippen molar-refractivity contribution < 1.29 is 8.42 Å². The van der Waals surface area contributed by atoms with Gasteiger partial charge in [0.25, 0.3) is 10.0 Å². The largest absolute Gasteiger partial charge is 0.339 e. The van der Waals surface area contributed by atoms with Crippen molar-refractivity contribution >= 4 is 10.0 Å². The van der Waals surface area contributed by atoms with Gasteiger partial charge in [-0.25, -0.2) is 18.1 Å². The molecule has 0 saturated carbocycles. The van der Waals surface area contributed by atoms with Crippen LogP contribution < -0.4 is 10.5 Å². The average Bonchev–Trinajstić information content (AvgIpc) is 2.87. The predicted molar refractivity (Wildman–Crippen MR) is 76.4 cm³/mol. The van der Waals surface area contributed by atoms with Crippen LogP contribution in [0.2, 0.25) is 0 Å². The van der Waals surface area contributed by atoms with E-state index in [4.69, 9.17) is 5.73 Å². The summed E-state index contributed by atoms with van der Waals surface area (Å²) in [4.78, 5) is 3.82. The zero-order valence-electron chi connectivity index (χ0n) is 11.2. The molecule has 2 rings (SSSR count). The summed E-state index contributed by atoms with van der Waals surface area (Å²) < 4.78 is 28.0. The van der Waals surface area contributed by atoms with E-state index in [1.807, 2.05) is 30.3 Å². The van der Waals surface area contributed by atoms with Crippen LogP contribution in [0.15, 0.2) is 47.9 Å². The van der Waals surface area contributed by atoms with E-state index >= 15 is 0 Å². The van der Waals surface area contributed by atoms with Gasteiger partial charge in [-0.15, -0.1) is 0 Å². The molecule has 108 valence electrons. The Kier molecular flexibility index (Phi) is 4.53. The van der Waals surface area contributed by atoms with Crippen molar-refractivity contribution in [2.45, 2.75) is 17.5 Å². The summed E-state index contributed by atoms with van der Waals surface area (Å²) >= 11 is 0. The van der Waals surface area contributed by atoms with Crippen LogP contribution in [0.25, 0.3) is 0 Å². The van der Waals surface area contributed by atoms with Crippen LogP contribution in [0.3, 0.4) is 0 Å². The first kappa shape index (κ1) is 14.7. The topological polar surface area (TPSA) is 90.0 Å². The summed E-state index contributed by atoms with van der Waals surface area (Å²) in [5.74, 6) is 0. The van der Waals surface area contributed by atoms with Crippen molar-refractivity contribution in [2.75, 3.05) is 6.54 Å². The van der Waals surface area contributed by atoms with Crippen LogP contribution in [0, 0.1) is 0 Å². The van der Waals surface area contributed by atoms with Crippen molar-refractivity contribution in [2.24, 2.45) is 12.8 Å². The third-order valence-corrected chi connectivity index (χ3v) is 4.28. The number of hydrogen-bond donors (Lipinski definition) is 2. The van der Waals surface area contributed by atoms with Crippen molar-refractivity contribution in [3.05, 3.63) is 48.4 Å². The molecule has 0 aliphatic carbocycles. The molecule has 0 fully saturated rings. The molecule has 0 saturated heterocycles. The van der Waals surface area contributed by atoms with Crippen molar-refractivity contribution in [3.63, 3.8) is 0 Å². The number of nitrogens with zero attached hydrogens (tertiary/aromatic N) is 2. The Morgan fingerprint density at radius 2 is 2.05 bits per heavy atom. The number of aryl methyl sites for hydroxylation is 1. The van der Waals surface area contributed by atoms with Crippen LogP contribution in [-0.4, -0.2) is 24.5 Å². The van der Waals surface area contributed by atoms with E-state index < -0.39 is 10.0 Å². The summed E-state index contributed by atoms with van der Waals surface area (Å²) in [6.07, 6.45) is 3.43. The first-order valence-electron chi connectivity index (χ1n) is 6.27. The average molecular weight is 294 g/mol. The van der Waals surface area contributed by atoms with Crippen molar-refractivity contribution in [3.8, 4) is 0 Å². The second kappa shape index (κ2) is 6.17. The second-order valence-electron chi connectivity index (χ2n) is 4.58. The maximum absolute atomic E-state index is 11.9. The number of hydrogen-bond acceptors (Lipinski definition) is 4. The molecule has 1 aromatic heterocycles. The first-order valence-corrected chi connectivity index (χ1v) is 7.75. The summed E-state index contributed by atoms with van der Waals surface area (Å²) in [5, 5.41) is 0.0216. The molecule has 1 atom stereocenters. The summed E-state index contributed by atoms with van der Waals surface area (Å²) in [5.41, 5.74) is 7.00. The number of aromatic nitrogens is 2. The molecule has 0 spiro atoms. The van der Waals surface area contributed by atoms with Gasteiger partial charge in [0.2, 0.25) is 0 Å². The molecular formula is C13H18N4O2S. The van der Waals surface area contributed by atoms with Gasteiger partial charge in [-0.2, -0.15) is 0 Å². The number of sulfonamides is 1. The Labute approximate surface area is 118 Å². The van der Waals surface area contributed by atoms with Gasteiger partial charge in [0.15, 0.2) is 5.03 Å². The third-order valence-electron chi connectivity index (χ3n) is 2.93. The first-order chi connectivity index (χ1) is 9.49. The number of imidazole rings is 1. The van der Waals surface area contributed by atoms with Crippen molar-refractivity contribution in [1.29, 1.82) is 0 Å². The smallest absolute Gasteiger partial charge is 0.259 e. The molecule has 1 unspecified atom stereocenters. The minimum Gasteiger partial charge on any atom is -0.339 e. The maximum Gasteiger partial charge on any atom is 0.259 e. The molecule has 0 amide bonds. The Morgan fingerprint density at radius 3 is 2.65 bits per heavy atom. The quantitative estimate of drug-likeness (QED) is 0.824. The molecule has 0 aliphatic heterocycles. The van der Waals surface area contributed by atoms with E-state index in [0.29, 0.717) is 6.42 Å². The second-order valence-corrected chi connectivity index (χ2v) is 6.29. The van der Waals surface area contributed by atoms with Gasteiger partial charge in [0.05, 0.1) is 6.33 Å². The molecule has 0 aliphatic rings. The summed E-state index contributed by atoms with van der Waals surface area (Å²) in [6.45, 7) is 0.273. The molecule has 0 bridgehead atoms. The van der Waals surface area contributed by atoms with E-state index in [0.717, 1.165) is 5.56 Å². The SMILES string of the molecule is Cn1cnc(S(=O)(=O)NCCC(N)c2ccccc2)c1. The molecule has 1 heterocycles. The highest BCUT2D eigenvalue weighted by Crippen LogP contribution is 2.13. The Morgan fingerprint density at radius 1 is 1.35 bits per heavy atom. The molecule has 1 aromatic carbocycles. The Balaban J connectivity index is 1.90. The number of nitrogens with one attached hydrogen (secondary N) is 1. The van der Waals surface area contributed by atoms with Crippen LogP contribution in [0.5, 0.6) is 0 Å². The standard InChI is InChI=1S/C13H18N4O2S/c1-17-9-13(15-10-17)20(18,19)16-8-7-12(14)11-5-3-2-4-6-11/h2-6,9-10,12,16H,7-8,14H2,1H3. The zero-order valence-corrected chi connectivity index (χ0v) is 12.0. The van der Waals surface area contributed by atoms with Crippen LogP contribution >= 0.6 is 0 Å². The zero-order chi connectivity index (χ0) is 14.6. The monoisotopic (exact) mass is 294 g/mol. The lowest BCUT2D eigenvalue weighted by Crippen LogP contribution is -2.27. The van der Waals surface area contributed by atoms with Crippen LogP contribution in [0.1, 0.15) is 18.0 Å². The molecule has 7 heteroatoms. The highest BCUT2D eigenvalue weighted by molar-refractivity contribution is 7.89. The van der Waals surface area contributed by atoms with Crippen LogP contribution in [-0.2, 0) is 17.1 Å². The van der Waals surface area contributed by atoms with Gasteiger partial charge in [-0.1, -0.05) is 30.3 Å². The van der Waals surface area contributed by atoms with Gasteiger partial charge >= 0.3 is 0 Å². The minimum absolute atomic E-state index is 0.0216. The highest BCUT2D eigenvalue weighted by atomic mass is 32.2. The molecule has 6 nitrogen and oxygen atoms in total. The van der Waals surface area contributed by atoms with E-state index in [1.165, 1.54) is 12.5 Å². The normalized spacial score (nSPS) is 13.3. The van der Waals surface area contributed by atoms with Crippen molar-refractivity contribution in [1.82, 2.24) is 14.3 Å². The summed E-state index contributed by atoms with van der Waals surface area (Å²) in [7, 11) is -1.84. The highest BCUT2D eigenvalue weighted by Gasteiger charge is 2.16.